The topological polar surface area (TPSA) is 37.4 Å². The van der Waals surface area contributed by atoms with Crippen molar-refractivity contribution in [3.8, 4) is 0 Å². The molecule has 0 aliphatic heterocycles. The van der Waals surface area contributed by atoms with Crippen LogP contribution in [0.15, 0.2) is 46.0 Å². The van der Waals surface area contributed by atoms with Crippen LogP contribution >= 0.6 is 11.3 Å². The lowest BCUT2D eigenvalue weighted by atomic mass is 10.1. The molecule has 0 saturated heterocycles. The van der Waals surface area contributed by atoms with E-state index in [-0.39, 0.29) is 12.1 Å². The Morgan fingerprint density at radius 3 is 2.57 bits per heavy atom. The second-order valence-corrected chi connectivity index (χ2v) is 8.77. The van der Waals surface area contributed by atoms with Crippen LogP contribution in [-0.4, -0.2) is 18.8 Å². The van der Waals surface area contributed by atoms with Gasteiger partial charge in [0.25, 0.3) is 10.0 Å². The van der Waals surface area contributed by atoms with Crippen molar-refractivity contribution < 1.29 is 8.42 Å². The summed E-state index contributed by atoms with van der Waals surface area (Å²) in [6, 6.07) is 12.0. The van der Waals surface area contributed by atoms with Crippen LogP contribution in [0.1, 0.15) is 36.4 Å². The van der Waals surface area contributed by atoms with E-state index in [2.05, 4.69) is 12.1 Å². The van der Waals surface area contributed by atoms with Gasteiger partial charge < -0.3 is 0 Å². The predicted molar refractivity (Wildman–Crippen MR) is 83.9 cm³/mol. The van der Waals surface area contributed by atoms with E-state index in [0.717, 1.165) is 25.7 Å². The van der Waals surface area contributed by atoms with Crippen molar-refractivity contribution in [1.82, 2.24) is 4.31 Å². The molecule has 1 aromatic heterocycles. The van der Waals surface area contributed by atoms with Crippen molar-refractivity contribution in [2.45, 2.75) is 42.0 Å². The third-order valence-corrected chi connectivity index (χ3v) is 7.68. The summed E-state index contributed by atoms with van der Waals surface area (Å²) in [5.41, 5.74) is 2.50. The molecule has 1 heterocycles. The minimum atomic E-state index is -3.37. The van der Waals surface area contributed by atoms with Gasteiger partial charge in [0, 0.05) is 6.04 Å². The number of thiophene rings is 1. The SMILES string of the molecule is O=S(=O)(c1cccs1)N(C1CC1)[C@@H]1CCc2ccccc21. The molecule has 5 heteroatoms. The van der Waals surface area contributed by atoms with Crippen LogP contribution < -0.4 is 0 Å². The lowest BCUT2D eigenvalue weighted by Gasteiger charge is -2.28. The third kappa shape index (κ3) is 2.24. The van der Waals surface area contributed by atoms with Gasteiger partial charge in [-0.3, -0.25) is 0 Å². The highest BCUT2D eigenvalue weighted by Crippen LogP contribution is 2.45. The number of rotatable bonds is 4. The first-order valence-corrected chi connectivity index (χ1v) is 9.65. The van der Waals surface area contributed by atoms with Crippen molar-refractivity contribution >= 4 is 21.4 Å². The van der Waals surface area contributed by atoms with Crippen LogP contribution in [0, 0.1) is 0 Å². The molecule has 2 aromatic rings. The number of hydrogen-bond donors (Lipinski definition) is 0. The number of benzene rings is 1. The zero-order valence-electron chi connectivity index (χ0n) is 11.6. The molecule has 2 aliphatic carbocycles. The van der Waals surface area contributed by atoms with E-state index in [1.165, 1.54) is 22.5 Å². The van der Waals surface area contributed by atoms with Crippen LogP contribution in [-0.2, 0) is 16.4 Å². The number of nitrogens with zero attached hydrogens (tertiary/aromatic N) is 1. The molecule has 0 spiro atoms. The van der Waals surface area contributed by atoms with Gasteiger partial charge in [0.2, 0.25) is 0 Å². The smallest absolute Gasteiger partial charge is 0.206 e. The highest BCUT2D eigenvalue weighted by molar-refractivity contribution is 7.91. The van der Waals surface area contributed by atoms with Gasteiger partial charge in [0.1, 0.15) is 4.21 Å². The minimum Gasteiger partial charge on any atom is -0.206 e. The molecule has 21 heavy (non-hydrogen) atoms. The van der Waals surface area contributed by atoms with E-state index in [4.69, 9.17) is 0 Å². The first-order chi connectivity index (χ1) is 10.2. The van der Waals surface area contributed by atoms with Gasteiger partial charge in [-0.05, 0) is 48.3 Å². The summed E-state index contributed by atoms with van der Waals surface area (Å²) < 4.78 is 28.3. The molecule has 3 nitrogen and oxygen atoms in total. The van der Waals surface area contributed by atoms with E-state index in [1.54, 1.807) is 10.4 Å². The Morgan fingerprint density at radius 1 is 1.05 bits per heavy atom. The zero-order valence-corrected chi connectivity index (χ0v) is 13.2. The third-order valence-electron chi connectivity index (χ3n) is 4.34. The first-order valence-electron chi connectivity index (χ1n) is 7.33. The van der Waals surface area contributed by atoms with Crippen molar-refractivity contribution in [3.63, 3.8) is 0 Å². The molecule has 0 bridgehead atoms. The van der Waals surface area contributed by atoms with Crippen LogP contribution in [0.2, 0.25) is 0 Å². The molecule has 0 unspecified atom stereocenters. The molecular formula is C16H17NO2S2. The summed E-state index contributed by atoms with van der Waals surface area (Å²) in [7, 11) is -3.37. The van der Waals surface area contributed by atoms with Crippen LogP contribution in [0.25, 0.3) is 0 Å². The van der Waals surface area contributed by atoms with Crippen LogP contribution in [0.5, 0.6) is 0 Å². The Bertz CT molecular complexity index is 748. The Morgan fingerprint density at radius 2 is 1.86 bits per heavy atom. The van der Waals surface area contributed by atoms with E-state index in [1.807, 2.05) is 23.6 Å². The molecule has 1 aromatic carbocycles. The summed E-state index contributed by atoms with van der Waals surface area (Å²) in [5.74, 6) is 0. The number of fused-ring (bicyclic) bond motifs is 1. The Hall–Kier alpha value is -1.17. The van der Waals surface area contributed by atoms with E-state index >= 15 is 0 Å². The Kier molecular flexibility index (Phi) is 3.17. The fraction of sp³-hybridized carbons (Fsp3) is 0.375. The lowest BCUT2D eigenvalue weighted by Crippen LogP contribution is -2.35. The first kappa shape index (κ1) is 13.5. The molecule has 110 valence electrons. The average molecular weight is 319 g/mol. The van der Waals surface area contributed by atoms with E-state index < -0.39 is 10.0 Å². The molecule has 1 saturated carbocycles. The van der Waals surface area contributed by atoms with Crippen molar-refractivity contribution in [1.29, 1.82) is 0 Å². The van der Waals surface area contributed by atoms with Gasteiger partial charge in [-0.1, -0.05) is 30.3 Å². The molecular weight excluding hydrogens is 302 g/mol. The average Bonchev–Trinajstić information content (AvgIpc) is 3.00. The monoisotopic (exact) mass is 319 g/mol. The molecule has 2 aliphatic rings. The highest BCUT2D eigenvalue weighted by atomic mass is 32.2. The molecule has 1 fully saturated rings. The number of hydrogen-bond acceptors (Lipinski definition) is 3. The van der Waals surface area contributed by atoms with Gasteiger partial charge in [-0.2, -0.15) is 4.31 Å². The summed E-state index contributed by atoms with van der Waals surface area (Å²) in [5, 5.41) is 1.83. The zero-order chi connectivity index (χ0) is 14.4. The minimum absolute atomic E-state index is 0.0146. The summed E-state index contributed by atoms with van der Waals surface area (Å²) in [4.78, 5) is 0. The molecule has 4 rings (SSSR count). The van der Waals surface area contributed by atoms with Crippen molar-refractivity contribution in [2.24, 2.45) is 0 Å². The quantitative estimate of drug-likeness (QED) is 0.863. The largest absolute Gasteiger partial charge is 0.253 e. The molecule has 0 N–H and O–H groups in total. The maximum Gasteiger partial charge on any atom is 0.253 e. The molecule has 1 atom stereocenters. The Labute approximate surface area is 129 Å². The summed E-state index contributed by atoms with van der Waals surface area (Å²) >= 11 is 1.31. The highest BCUT2D eigenvalue weighted by Gasteiger charge is 2.45. The normalized spacial score (nSPS) is 21.7. The fourth-order valence-corrected chi connectivity index (χ4v) is 6.24. The predicted octanol–water partition coefficient (Wildman–Crippen LogP) is 3.59. The van der Waals surface area contributed by atoms with E-state index in [9.17, 15) is 8.42 Å². The van der Waals surface area contributed by atoms with Gasteiger partial charge in [-0.15, -0.1) is 11.3 Å². The van der Waals surface area contributed by atoms with Crippen LogP contribution in [0.4, 0.5) is 0 Å². The van der Waals surface area contributed by atoms with Gasteiger partial charge in [-0.25, -0.2) is 8.42 Å². The van der Waals surface area contributed by atoms with Gasteiger partial charge in [0.15, 0.2) is 0 Å². The summed E-state index contributed by atoms with van der Waals surface area (Å²) in [6.07, 6.45) is 3.86. The van der Waals surface area contributed by atoms with Crippen molar-refractivity contribution in [2.75, 3.05) is 0 Å². The second-order valence-electron chi connectivity index (χ2n) is 5.75. The lowest BCUT2D eigenvalue weighted by molar-refractivity contribution is 0.315. The number of sulfonamides is 1. The van der Waals surface area contributed by atoms with Gasteiger partial charge >= 0.3 is 0 Å². The second kappa shape index (κ2) is 4.93. The molecule has 0 amide bonds. The van der Waals surface area contributed by atoms with Crippen LogP contribution in [0.3, 0.4) is 0 Å². The summed E-state index contributed by atoms with van der Waals surface area (Å²) in [6.45, 7) is 0. The maximum absolute atomic E-state index is 13.0. The van der Waals surface area contributed by atoms with E-state index in [0.29, 0.717) is 4.21 Å². The van der Waals surface area contributed by atoms with Gasteiger partial charge in [0.05, 0.1) is 6.04 Å². The Balaban J connectivity index is 1.77. The fourth-order valence-electron chi connectivity index (χ4n) is 3.26. The number of aryl methyl sites for hydroxylation is 1. The van der Waals surface area contributed by atoms with Crippen molar-refractivity contribution in [3.05, 3.63) is 52.9 Å². The molecule has 0 radical (unpaired) electrons. The standard InChI is InChI=1S/C16H17NO2S2/c18-21(19,16-6-3-11-20-16)17(13-8-9-13)15-10-7-12-4-1-2-5-14(12)15/h1-6,11,13,15H,7-10H2/t15-/m1/s1. The maximum atomic E-state index is 13.0.